The van der Waals surface area contributed by atoms with Gasteiger partial charge in [0.05, 0.1) is 12.2 Å². The number of ether oxygens (including phenoxy) is 1. The van der Waals surface area contributed by atoms with Crippen molar-refractivity contribution in [2.75, 3.05) is 18.0 Å². The smallest absolute Gasteiger partial charge is 0.171 e. The molecule has 0 aromatic carbocycles. The Labute approximate surface area is 106 Å². The van der Waals surface area contributed by atoms with Crippen molar-refractivity contribution in [2.45, 2.75) is 26.1 Å². The Bertz CT molecular complexity index is 422. The van der Waals surface area contributed by atoms with Crippen molar-refractivity contribution < 1.29 is 9.94 Å². The molecule has 1 aliphatic rings. The molecule has 0 radical (unpaired) electrons. The summed E-state index contributed by atoms with van der Waals surface area (Å²) in [5.41, 5.74) is 6.10. The zero-order valence-corrected chi connectivity index (χ0v) is 10.6. The topological polar surface area (TPSA) is 84.0 Å². The van der Waals surface area contributed by atoms with Gasteiger partial charge in [0.25, 0.3) is 0 Å². The van der Waals surface area contributed by atoms with Crippen molar-refractivity contribution in [2.24, 2.45) is 10.9 Å². The predicted molar refractivity (Wildman–Crippen MR) is 69.0 cm³/mol. The predicted octanol–water partition coefficient (Wildman–Crippen LogP) is 0.790. The second-order valence-corrected chi connectivity index (χ2v) is 4.55. The summed E-state index contributed by atoms with van der Waals surface area (Å²) in [4.78, 5) is 6.51. The number of morpholine rings is 1. The van der Waals surface area contributed by atoms with E-state index in [1.54, 1.807) is 12.3 Å². The molecule has 0 unspecified atom stereocenters. The highest BCUT2D eigenvalue weighted by molar-refractivity contribution is 5.96. The number of nitrogens with zero attached hydrogens (tertiary/aromatic N) is 3. The van der Waals surface area contributed by atoms with Gasteiger partial charge in [-0.05, 0) is 26.0 Å². The minimum absolute atomic E-state index is 0.0674. The molecule has 6 nitrogen and oxygen atoms in total. The molecule has 1 fully saturated rings. The van der Waals surface area contributed by atoms with Gasteiger partial charge in [0.2, 0.25) is 0 Å². The number of hydrogen-bond donors (Lipinski definition) is 2. The number of rotatable bonds is 2. The normalized spacial score (nSPS) is 25.2. The van der Waals surface area contributed by atoms with Crippen LogP contribution in [0, 0.1) is 0 Å². The van der Waals surface area contributed by atoms with Crippen LogP contribution in [0.2, 0.25) is 0 Å². The first kappa shape index (κ1) is 12.6. The second-order valence-electron chi connectivity index (χ2n) is 4.55. The van der Waals surface area contributed by atoms with Crippen LogP contribution in [0.25, 0.3) is 0 Å². The number of anilines is 1. The van der Waals surface area contributed by atoms with Crippen LogP contribution in [0.15, 0.2) is 23.5 Å². The maximum Gasteiger partial charge on any atom is 0.171 e. The fourth-order valence-electron chi connectivity index (χ4n) is 2.15. The zero-order valence-electron chi connectivity index (χ0n) is 10.6. The summed E-state index contributed by atoms with van der Waals surface area (Å²) < 4.78 is 5.68. The Morgan fingerprint density at radius 1 is 1.44 bits per heavy atom. The van der Waals surface area contributed by atoms with Gasteiger partial charge in [0, 0.05) is 24.8 Å². The van der Waals surface area contributed by atoms with E-state index in [9.17, 15) is 0 Å². The number of amidine groups is 1. The summed E-state index contributed by atoms with van der Waals surface area (Å²) in [6.07, 6.45) is 1.99. The molecule has 6 heteroatoms. The van der Waals surface area contributed by atoms with Crippen molar-refractivity contribution in [1.82, 2.24) is 4.98 Å². The SMILES string of the molecule is C[C@@H]1CN(c2ccc(/C(N)=N/O)cn2)C[C@H](C)O1. The molecule has 0 spiro atoms. The minimum atomic E-state index is 0.0674. The Kier molecular flexibility index (Phi) is 3.66. The third kappa shape index (κ3) is 2.70. The van der Waals surface area contributed by atoms with Crippen molar-refractivity contribution in [3.63, 3.8) is 0 Å². The quantitative estimate of drug-likeness (QED) is 0.351. The molecule has 3 N–H and O–H groups in total. The van der Waals surface area contributed by atoms with Crippen LogP contribution < -0.4 is 10.6 Å². The van der Waals surface area contributed by atoms with E-state index < -0.39 is 0 Å². The van der Waals surface area contributed by atoms with Gasteiger partial charge in [-0.3, -0.25) is 0 Å². The molecule has 0 amide bonds. The third-order valence-corrected chi connectivity index (χ3v) is 2.89. The van der Waals surface area contributed by atoms with Crippen LogP contribution >= 0.6 is 0 Å². The highest BCUT2D eigenvalue weighted by Crippen LogP contribution is 2.18. The van der Waals surface area contributed by atoms with Gasteiger partial charge < -0.3 is 20.6 Å². The van der Waals surface area contributed by atoms with Gasteiger partial charge >= 0.3 is 0 Å². The summed E-state index contributed by atoms with van der Waals surface area (Å²) in [5, 5.41) is 11.5. The number of aromatic nitrogens is 1. The van der Waals surface area contributed by atoms with Crippen LogP contribution in [-0.2, 0) is 4.74 Å². The molecule has 1 aromatic heterocycles. The lowest BCUT2D eigenvalue weighted by atomic mass is 10.2. The van der Waals surface area contributed by atoms with Crippen molar-refractivity contribution in [3.05, 3.63) is 23.9 Å². The molecular weight excluding hydrogens is 232 g/mol. The van der Waals surface area contributed by atoms with Gasteiger partial charge in [0.1, 0.15) is 5.82 Å². The highest BCUT2D eigenvalue weighted by Gasteiger charge is 2.22. The molecule has 2 heterocycles. The fourth-order valence-corrected chi connectivity index (χ4v) is 2.15. The molecular formula is C12H18N4O2. The Morgan fingerprint density at radius 2 is 2.11 bits per heavy atom. The largest absolute Gasteiger partial charge is 0.409 e. The molecule has 0 saturated carbocycles. The molecule has 0 aliphatic carbocycles. The average Bonchev–Trinajstić information content (AvgIpc) is 2.37. The summed E-state index contributed by atoms with van der Waals surface area (Å²) in [5.74, 6) is 0.948. The van der Waals surface area contributed by atoms with Crippen molar-refractivity contribution in [3.8, 4) is 0 Å². The van der Waals surface area contributed by atoms with Crippen molar-refractivity contribution in [1.29, 1.82) is 0 Å². The van der Waals surface area contributed by atoms with Gasteiger partial charge in [0.15, 0.2) is 5.84 Å². The van der Waals surface area contributed by atoms with Crippen LogP contribution in [0.4, 0.5) is 5.82 Å². The average molecular weight is 250 g/mol. The molecule has 2 atom stereocenters. The highest BCUT2D eigenvalue weighted by atomic mass is 16.5. The first-order chi connectivity index (χ1) is 8.60. The lowest BCUT2D eigenvalue weighted by Gasteiger charge is -2.36. The maximum absolute atomic E-state index is 8.58. The van der Waals surface area contributed by atoms with E-state index >= 15 is 0 Å². The molecule has 0 bridgehead atoms. The maximum atomic E-state index is 8.58. The molecule has 98 valence electrons. The molecule has 1 aromatic rings. The number of hydrogen-bond acceptors (Lipinski definition) is 5. The van der Waals surface area contributed by atoms with Crippen LogP contribution in [0.5, 0.6) is 0 Å². The Morgan fingerprint density at radius 3 is 2.61 bits per heavy atom. The van der Waals surface area contributed by atoms with Gasteiger partial charge in [-0.2, -0.15) is 0 Å². The van der Waals surface area contributed by atoms with Gasteiger partial charge in [-0.15, -0.1) is 0 Å². The summed E-state index contributed by atoms with van der Waals surface area (Å²) >= 11 is 0. The van der Waals surface area contributed by atoms with E-state index in [1.807, 2.05) is 19.9 Å². The van der Waals surface area contributed by atoms with Crippen LogP contribution in [0.1, 0.15) is 19.4 Å². The molecule has 2 rings (SSSR count). The number of oxime groups is 1. The Hall–Kier alpha value is -1.82. The van der Waals surface area contributed by atoms with E-state index in [0.29, 0.717) is 5.56 Å². The third-order valence-electron chi connectivity index (χ3n) is 2.89. The standard InChI is InChI=1S/C12H18N4O2/c1-8-6-16(7-9(2)18-8)11-4-3-10(5-14-11)12(13)15-17/h3-5,8-9,17H,6-7H2,1-2H3,(H2,13,15)/t8-,9+. The molecule has 18 heavy (non-hydrogen) atoms. The summed E-state index contributed by atoms with van der Waals surface area (Å²) in [7, 11) is 0. The second kappa shape index (κ2) is 5.22. The van der Waals surface area contributed by atoms with Gasteiger partial charge in [-0.1, -0.05) is 5.16 Å². The number of pyridine rings is 1. The first-order valence-corrected chi connectivity index (χ1v) is 5.94. The number of nitrogens with two attached hydrogens (primary N) is 1. The lowest BCUT2D eigenvalue weighted by molar-refractivity contribution is -0.00545. The van der Waals surface area contributed by atoms with Gasteiger partial charge in [-0.25, -0.2) is 4.98 Å². The molecule has 1 aliphatic heterocycles. The zero-order chi connectivity index (χ0) is 13.1. The van der Waals surface area contributed by atoms with E-state index in [2.05, 4.69) is 15.0 Å². The minimum Gasteiger partial charge on any atom is -0.409 e. The van der Waals surface area contributed by atoms with E-state index in [4.69, 9.17) is 15.7 Å². The summed E-state index contributed by atoms with van der Waals surface area (Å²) in [6, 6.07) is 3.67. The van der Waals surface area contributed by atoms with Crippen LogP contribution in [0.3, 0.4) is 0 Å². The van der Waals surface area contributed by atoms with E-state index in [-0.39, 0.29) is 18.0 Å². The fraction of sp³-hybridized carbons (Fsp3) is 0.500. The Balaban J connectivity index is 2.14. The summed E-state index contributed by atoms with van der Waals surface area (Å²) in [6.45, 7) is 5.74. The lowest BCUT2D eigenvalue weighted by Crippen LogP contribution is -2.45. The van der Waals surface area contributed by atoms with Crippen LogP contribution in [-0.4, -0.2) is 41.3 Å². The first-order valence-electron chi connectivity index (χ1n) is 5.94. The monoisotopic (exact) mass is 250 g/mol. The van der Waals surface area contributed by atoms with E-state index in [0.717, 1.165) is 18.9 Å². The van der Waals surface area contributed by atoms with E-state index in [1.165, 1.54) is 0 Å². The molecule has 1 saturated heterocycles. The van der Waals surface area contributed by atoms with Crippen molar-refractivity contribution >= 4 is 11.7 Å².